The van der Waals surface area contributed by atoms with Crippen LogP contribution in [-0.4, -0.2) is 21.9 Å². The normalized spacial score (nSPS) is 13.9. The van der Waals surface area contributed by atoms with Gasteiger partial charge in [-0.3, -0.25) is 4.79 Å². The van der Waals surface area contributed by atoms with E-state index in [2.05, 4.69) is 16.0 Å². The van der Waals surface area contributed by atoms with E-state index >= 15 is 0 Å². The number of carbonyl (C=O) groups is 1. The quantitative estimate of drug-likeness (QED) is 0.391. The molecule has 1 aliphatic carbocycles. The molecule has 0 saturated carbocycles. The molecule has 7 nitrogen and oxygen atoms in total. The molecule has 0 spiro atoms. The summed E-state index contributed by atoms with van der Waals surface area (Å²) in [7, 11) is 0. The van der Waals surface area contributed by atoms with Crippen LogP contribution >= 0.6 is 0 Å². The van der Waals surface area contributed by atoms with E-state index < -0.39 is 0 Å². The van der Waals surface area contributed by atoms with Gasteiger partial charge in [-0.05, 0) is 60.7 Å². The van der Waals surface area contributed by atoms with E-state index in [1.54, 1.807) is 6.20 Å². The molecule has 1 aliphatic rings. The number of rotatable bonds is 6. The van der Waals surface area contributed by atoms with Crippen LogP contribution in [0.3, 0.4) is 0 Å². The van der Waals surface area contributed by atoms with Crippen molar-refractivity contribution in [2.75, 3.05) is 0 Å². The number of nitrogens with zero attached hydrogens (tertiary/aromatic N) is 2. The standard InChI is InChI=1S/C26H22N2O3.CO2/c1-17-6-5-9-23(28-17)24-15-27-26(31-24)25(29)21-12-19-10-11-22(14-20(19)13-21)30-16-18-7-3-2-4-8-18;2-1-3/h2-11,14-15,21H,12-13,16H2,1H3;. The topological polar surface area (TPSA) is 99.4 Å². The number of ether oxygens (including phenoxy) is 1. The summed E-state index contributed by atoms with van der Waals surface area (Å²) in [5.74, 6) is 1.24. The number of oxazole rings is 1. The molecular weight excluding hydrogens is 432 g/mol. The van der Waals surface area contributed by atoms with Crippen LogP contribution in [-0.2, 0) is 29.0 Å². The van der Waals surface area contributed by atoms with E-state index in [1.165, 1.54) is 5.56 Å². The third-order valence-electron chi connectivity index (χ3n) is 5.59. The fraction of sp³-hybridized carbons (Fsp3) is 0.185. The Morgan fingerprint density at radius 1 is 1.03 bits per heavy atom. The first-order valence-electron chi connectivity index (χ1n) is 10.8. The number of ketones is 1. The molecule has 0 N–H and O–H groups in total. The number of hydrogen-bond acceptors (Lipinski definition) is 7. The molecule has 34 heavy (non-hydrogen) atoms. The first kappa shape index (κ1) is 22.8. The van der Waals surface area contributed by atoms with Crippen molar-refractivity contribution in [1.82, 2.24) is 9.97 Å². The van der Waals surface area contributed by atoms with Crippen molar-refractivity contribution < 1.29 is 23.5 Å². The molecule has 0 aliphatic heterocycles. The molecule has 7 heteroatoms. The SMILES string of the molecule is Cc1cccc(-c2cnc(C(=O)C3Cc4ccc(OCc5ccccc5)cc4C3)o2)n1.O=C=O. The Hall–Kier alpha value is -4.35. The van der Waals surface area contributed by atoms with Gasteiger partial charge in [0.2, 0.25) is 5.78 Å². The van der Waals surface area contributed by atoms with Crippen molar-refractivity contribution in [2.45, 2.75) is 26.4 Å². The number of carbonyl (C=O) groups excluding carboxylic acids is 3. The van der Waals surface area contributed by atoms with E-state index in [4.69, 9.17) is 18.7 Å². The largest absolute Gasteiger partial charge is 0.489 e. The maximum absolute atomic E-state index is 13.0. The number of aryl methyl sites for hydroxylation is 1. The molecule has 0 saturated heterocycles. The first-order chi connectivity index (χ1) is 16.6. The highest BCUT2D eigenvalue weighted by Crippen LogP contribution is 2.32. The molecule has 1 atom stereocenters. The minimum Gasteiger partial charge on any atom is -0.489 e. The minimum atomic E-state index is -0.170. The van der Waals surface area contributed by atoms with Crippen LogP contribution in [0.5, 0.6) is 5.75 Å². The average molecular weight is 454 g/mol. The fourth-order valence-electron chi connectivity index (χ4n) is 3.97. The van der Waals surface area contributed by atoms with Crippen molar-refractivity contribution in [2.24, 2.45) is 5.92 Å². The van der Waals surface area contributed by atoms with Crippen molar-refractivity contribution in [3.63, 3.8) is 0 Å². The molecule has 0 amide bonds. The third-order valence-corrected chi connectivity index (χ3v) is 5.59. The van der Waals surface area contributed by atoms with Crippen LogP contribution in [0.4, 0.5) is 0 Å². The molecule has 2 heterocycles. The Morgan fingerprint density at radius 3 is 2.56 bits per heavy atom. The monoisotopic (exact) mass is 454 g/mol. The molecule has 0 bridgehead atoms. The van der Waals surface area contributed by atoms with Gasteiger partial charge in [0.1, 0.15) is 18.1 Å². The van der Waals surface area contributed by atoms with Crippen molar-refractivity contribution in [3.05, 3.63) is 101 Å². The molecule has 4 aromatic rings. The number of aromatic nitrogens is 2. The molecule has 1 unspecified atom stereocenters. The number of Topliss-reactive ketones (excluding diaryl/α,β-unsaturated/α-hetero) is 1. The summed E-state index contributed by atoms with van der Waals surface area (Å²) in [6, 6.07) is 21.8. The van der Waals surface area contributed by atoms with E-state index in [-0.39, 0.29) is 23.7 Å². The van der Waals surface area contributed by atoms with Gasteiger partial charge in [0.05, 0.1) is 6.20 Å². The Kier molecular flexibility index (Phi) is 7.06. The second kappa shape index (κ2) is 10.5. The van der Waals surface area contributed by atoms with Crippen LogP contribution in [0.25, 0.3) is 11.5 Å². The van der Waals surface area contributed by atoms with E-state index in [1.807, 2.05) is 67.6 Å². The highest BCUT2D eigenvalue weighted by atomic mass is 16.5. The van der Waals surface area contributed by atoms with Gasteiger partial charge in [-0.1, -0.05) is 42.5 Å². The Balaban J connectivity index is 0.000000868. The van der Waals surface area contributed by atoms with E-state index in [9.17, 15) is 4.79 Å². The lowest BCUT2D eigenvalue weighted by molar-refractivity contribution is -0.191. The summed E-state index contributed by atoms with van der Waals surface area (Å²) in [5, 5.41) is 0. The number of fused-ring (bicyclic) bond motifs is 1. The van der Waals surface area contributed by atoms with Crippen LogP contribution in [0.1, 0.15) is 33.1 Å². The zero-order valence-corrected chi connectivity index (χ0v) is 18.6. The Morgan fingerprint density at radius 2 is 1.79 bits per heavy atom. The van der Waals surface area contributed by atoms with Crippen molar-refractivity contribution in [3.8, 4) is 17.2 Å². The van der Waals surface area contributed by atoms with Gasteiger partial charge in [-0.2, -0.15) is 9.59 Å². The van der Waals surface area contributed by atoms with Crippen molar-refractivity contribution in [1.29, 1.82) is 0 Å². The first-order valence-corrected chi connectivity index (χ1v) is 10.8. The maximum atomic E-state index is 13.0. The summed E-state index contributed by atoms with van der Waals surface area (Å²) < 4.78 is 11.7. The van der Waals surface area contributed by atoms with Gasteiger partial charge >= 0.3 is 6.15 Å². The lowest BCUT2D eigenvalue weighted by Gasteiger charge is -2.08. The second-order valence-electron chi connectivity index (χ2n) is 7.95. The zero-order chi connectivity index (χ0) is 23.9. The van der Waals surface area contributed by atoms with Gasteiger partial charge in [-0.15, -0.1) is 0 Å². The lowest BCUT2D eigenvalue weighted by atomic mass is 10.0. The molecule has 0 fully saturated rings. The lowest BCUT2D eigenvalue weighted by Crippen LogP contribution is -2.15. The van der Waals surface area contributed by atoms with Crippen LogP contribution < -0.4 is 4.74 Å². The zero-order valence-electron chi connectivity index (χ0n) is 18.6. The highest BCUT2D eigenvalue weighted by Gasteiger charge is 2.31. The van der Waals surface area contributed by atoms with Crippen molar-refractivity contribution >= 4 is 11.9 Å². The summed E-state index contributed by atoms with van der Waals surface area (Å²) in [6.07, 6.45) is 3.18. The van der Waals surface area contributed by atoms with Gasteiger partial charge in [0, 0.05) is 11.6 Å². The molecule has 170 valence electrons. The molecule has 2 aromatic carbocycles. The average Bonchev–Trinajstić information content (AvgIpc) is 3.51. The van der Waals surface area contributed by atoms with Gasteiger partial charge in [-0.25, -0.2) is 9.97 Å². The number of hydrogen-bond donors (Lipinski definition) is 0. The predicted octanol–water partition coefficient (Wildman–Crippen LogP) is 4.64. The summed E-state index contributed by atoms with van der Waals surface area (Å²) in [6.45, 7) is 2.44. The van der Waals surface area contributed by atoms with Gasteiger partial charge in [0.15, 0.2) is 5.76 Å². The van der Waals surface area contributed by atoms with E-state index in [0.29, 0.717) is 30.9 Å². The highest BCUT2D eigenvalue weighted by molar-refractivity contribution is 5.95. The van der Waals surface area contributed by atoms with Crippen LogP contribution in [0, 0.1) is 12.8 Å². The fourth-order valence-corrected chi connectivity index (χ4v) is 3.97. The number of pyridine rings is 1. The van der Waals surface area contributed by atoms with Gasteiger partial charge in [0.25, 0.3) is 5.89 Å². The molecular formula is C27H22N2O5. The Bertz CT molecular complexity index is 1320. The van der Waals surface area contributed by atoms with E-state index in [0.717, 1.165) is 22.6 Å². The summed E-state index contributed by atoms with van der Waals surface area (Å²) >= 11 is 0. The maximum Gasteiger partial charge on any atom is 0.373 e. The molecule has 0 radical (unpaired) electrons. The second-order valence-corrected chi connectivity index (χ2v) is 7.95. The minimum absolute atomic E-state index is 0.0677. The number of benzene rings is 2. The summed E-state index contributed by atoms with van der Waals surface area (Å²) in [5.41, 5.74) is 5.02. The molecule has 2 aromatic heterocycles. The third kappa shape index (κ3) is 5.34. The summed E-state index contributed by atoms with van der Waals surface area (Å²) in [4.78, 5) is 37.9. The smallest absolute Gasteiger partial charge is 0.373 e. The Labute approximate surface area is 196 Å². The van der Waals surface area contributed by atoms with Gasteiger partial charge < -0.3 is 9.15 Å². The van der Waals surface area contributed by atoms with Crippen LogP contribution in [0.2, 0.25) is 0 Å². The predicted molar refractivity (Wildman–Crippen MR) is 122 cm³/mol. The molecule has 5 rings (SSSR count). The van der Waals surface area contributed by atoms with Crippen LogP contribution in [0.15, 0.2) is 77.3 Å².